The highest BCUT2D eigenvalue weighted by Crippen LogP contribution is 2.28. The molecule has 0 bridgehead atoms. The van der Waals surface area contributed by atoms with Crippen LogP contribution in [0.2, 0.25) is 0 Å². The summed E-state index contributed by atoms with van der Waals surface area (Å²) in [6.07, 6.45) is 1.79. The molecule has 1 heterocycles. The highest BCUT2D eigenvalue weighted by Gasteiger charge is 2.10. The van der Waals surface area contributed by atoms with Gasteiger partial charge in [0.25, 0.3) is 0 Å². The van der Waals surface area contributed by atoms with E-state index in [0.717, 1.165) is 33.4 Å². The van der Waals surface area contributed by atoms with Crippen molar-refractivity contribution in [3.8, 4) is 0 Å². The lowest BCUT2D eigenvalue weighted by Gasteiger charge is -2.15. The number of fused-ring (bicyclic) bond motifs is 1. The predicted molar refractivity (Wildman–Crippen MR) is 92.1 cm³/mol. The van der Waals surface area contributed by atoms with Crippen LogP contribution in [-0.4, -0.2) is 9.97 Å². The molecule has 0 fully saturated rings. The number of anilines is 2. The molecule has 3 nitrogen and oxygen atoms in total. The SMILES string of the molecule is Cc1cccc(C(N)=S)c1Nc1cccc2cccnc12. The zero-order valence-corrected chi connectivity index (χ0v) is 12.4. The fourth-order valence-corrected chi connectivity index (χ4v) is 2.55. The summed E-state index contributed by atoms with van der Waals surface area (Å²) in [5.74, 6) is 0. The monoisotopic (exact) mass is 293 g/mol. The van der Waals surface area contributed by atoms with Gasteiger partial charge in [0, 0.05) is 17.1 Å². The summed E-state index contributed by atoms with van der Waals surface area (Å²) in [6, 6.07) is 15.9. The zero-order chi connectivity index (χ0) is 14.8. The summed E-state index contributed by atoms with van der Waals surface area (Å²) >= 11 is 5.14. The van der Waals surface area contributed by atoms with Crippen molar-refractivity contribution in [1.29, 1.82) is 0 Å². The Morgan fingerprint density at radius 1 is 1.10 bits per heavy atom. The first-order chi connectivity index (χ1) is 10.2. The van der Waals surface area contributed by atoms with Crippen molar-refractivity contribution in [2.24, 2.45) is 5.73 Å². The van der Waals surface area contributed by atoms with Crippen LogP contribution in [0.5, 0.6) is 0 Å². The van der Waals surface area contributed by atoms with Crippen molar-refractivity contribution in [2.45, 2.75) is 6.92 Å². The number of nitrogens with one attached hydrogen (secondary N) is 1. The molecule has 0 radical (unpaired) electrons. The normalized spacial score (nSPS) is 10.5. The van der Waals surface area contributed by atoms with Gasteiger partial charge in [-0.3, -0.25) is 4.98 Å². The van der Waals surface area contributed by atoms with Crippen LogP contribution < -0.4 is 11.1 Å². The Labute approximate surface area is 128 Å². The van der Waals surface area contributed by atoms with E-state index in [1.807, 2.05) is 55.5 Å². The van der Waals surface area contributed by atoms with E-state index in [1.165, 1.54) is 0 Å². The lowest BCUT2D eigenvalue weighted by molar-refractivity contribution is 1.38. The molecule has 104 valence electrons. The van der Waals surface area contributed by atoms with Crippen molar-refractivity contribution in [3.63, 3.8) is 0 Å². The van der Waals surface area contributed by atoms with Crippen molar-refractivity contribution in [1.82, 2.24) is 4.98 Å². The van der Waals surface area contributed by atoms with Gasteiger partial charge in [0.15, 0.2) is 0 Å². The molecule has 3 N–H and O–H groups in total. The summed E-state index contributed by atoms with van der Waals surface area (Å²) in [4.78, 5) is 4.84. The molecule has 0 spiro atoms. The van der Waals surface area contributed by atoms with E-state index >= 15 is 0 Å². The Hall–Kier alpha value is -2.46. The quantitative estimate of drug-likeness (QED) is 0.719. The standard InChI is InChI=1S/C17H15N3S/c1-11-5-2-8-13(17(18)21)15(11)20-14-9-3-6-12-7-4-10-19-16(12)14/h2-10,20H,1H3,(H2,18,21). The van der Waals surface area contributed by atoms with Crippen molar-refractivity contribution in [2.75, 3.05) is 5.32 Å². The van der Waals surface area contributed by atoms with Crippen LogP contribution in [-0.2, 0) is 0 Å². The van der Waals surface area contributed by atoms with E-state index in [9.17, 15) is 0 Å². The number of hydrogen-bond donors (Lipinski definition) is 2. The third-order valence-electron chi connectivity index (χ3n) is 3.43. The first-order valence-electron chi connectivity index (χ1n) is 6.67. The number of aryl methyl sites for hydroxylation is 1. The van der Waals surface area contributed by atoms with Crippen LogP contribution in [0.3, 0.4) is 0 Å². The molecule has 2 aromatic carbocycles. The summed E-state index contributed by atoms with van der Waals surface area (Å²) < 4.78 is 0. The van der Waals surface area contributed by atoms with Gasteiger partial charge in [0.1, 0.15) is 4.99 Å². The number of nitrogens with zero attached hydrogens (tertiary/aromatic N) is 1. The van der Waals surface area contributed by atoms with Gasteiger partial charge in [-0.25, -0.2) is 0 Å². The van der Waals surface area contributed by atoms with E-state index < -0.39 is 0 Å². The molecule has 0 unspecified atom stereocenters. The Bertz CT molecular complexity index is 822. The molecule has 0 aliphatic rings. The lowest BCUT2D eigenvalue weighted by Crippen LogP contribution is -2.12. The van der Waals surface area contributed by atoms with Gasteiger partial charge >= 0.3 is 0 Å². The number of nitrogens with two attached hydrogens (primary N) is 1. The largest absolute Gasteiger partial charge is 0.389 e. The van der Waals surface area contributed by atoms with Crippen LogP contribution in [0.15, 0.2) is 54.7 Å². The second-order valence-electron chi connectivity index (χ2n) is 4.87. The van der Waals surface area contributed by atoms with Gasteiger partial charge in [-0.2, -0.15) is 0 Å². The van der Waals surface area contributed by atoms with Crippen LogP contribution in [0, 0.1) is 6.92 Å². The van der Waals surface area contributed by atoms with E-state index in [2.05, 4.69) is 10.3 Å². The first kappa shape index (κ1) is 13.5. The number of para-hydroxylation sites is 2. The topological polar surface area (TPSA) is 50.9 Å². The zero-order valence-electron chi connectivity index (χ0n) is 11.6. The number of hydrogen-bond acceptors (Lipinski definition) is 3. The molecule has 3 rings (SSSR count). The summed E-state index contributed by atoms with van der Waals surface area (Å²) in [5, 5.41) is 4.53. The number of thiocarbonyl (C=S) groups is 1. The van der Waals surface area contributed by atoms with Crippen LogP contribution in [0.25, 0.3) is 10.9 Å². The Morgan fingerprint density at radius 3 is 2.67 bits per heavy atom. The fraction of sp³-hybridized carbons (Fsp3) is 0.0588. The minimum absolute atomic E-state index is 0.384. The fourth-order valence-electron chi connectivity index (χ4n) is 2.38. The third kappa shape index (κ3) is 2.58. The molecule has 4 heteroatoms. The summed E-state index contributed by atoms with van der Waals surface area (Å²) in [7, 11) is 0. The Kier molecular flexibility index (Phi) is 3.54. The molecule has 1 aromatic heterocycles. The average Bonchev–Trinajstić information content (AvgIpc) is 2.49. The van der Waals surface area contributed by atoms with Gasteiger partial charge in [-0.1, -0.05) is 42.5 Å². The molecule has 0 aliphatic heterocycles. The van der Waals surface area contributed by atoms with Crippen molar-refractivity contribution >= 4 is 39.5 Å². The molecule has 0 saturated heterocycles. The molecule has 21 heavy (non-hydrogen) atoms. The molecule has 0 saturated carbocycles. The van der Waals surface area contributed by atoms with E-state index in [0.29, 0.717) is 4.99 Å². The van der Waals surface area contributed by atoms with Gasteiger partial charge in [-0.05, 0) is 30.7 Å². The van der Waals surface area contributed by atoms with Crippen LogP contribution >= 0.6 is 12.2 Å². The average molecular weight is 293 g/mol. The highest BCUT2D eigenvalue weighted by atomic mass is 32.1. The molecular formula is C17H15N3S. The maximum Gasteiger partial charge on any atom is 0.106 e. The van der Waals surface area contributed by atoms with E-state index in [4.69, 9.17) is 18.0 Å². The third-order valence-corrected chi connectivity index (χ3v) is 3.65. The second-order valence-corrected chi connectivity index (χ2v) is 5.31. The van der Waals surface area contributed by atoms with Crippen molar-refractivity contribution in [3.05, 3.63) is 65.9 Å². The van der Waals surface area contributed by atoms with Gasteiger partial charge in [0.2, 0.25) is 0 Å². The molecule has 0 amide bonds. The Balaban J connectivity index is 2.13. The summed E-state index contributed by atoms with van der Waals surface area (Å²) in [6.45, 7) is 2.03. The number of rotatable bonds is 3. The van der Waals surface area contributed by atoms with Crippen LogP contribution in [0.1, 0.15) is 11.1 Å². The molecule has 3 aromatic rings. The smallest absolute Gasteiger partial charge is 0.106 e. The Morgan fingerprint density at radius 2 is 1.86 bits per heavy atom. The molecule has 0 atom stereocenters. The lowest BCUT2D eigenvalue weighted by atomic mass is 10.1. The van der Waals surface area contributed by atoms with E-state index in [-0.39, 0.29) is 0 Å². The van der Waals surface area contributed by atoms with Gasteiger partial charge in [-0.15, -0.1) is 0 Å². The molecule has 0 aliphatic carbocycles. The van der Waals surface area contributed by atoms with Crippen LogP contribution in [0.4, 0.5) is 11.4 Å². The minimum Gasteiger partial charge on any atom is -0.389 e. The predicted octanol–water partition coefficient (Wildman–Crippen LogP) is 3.92. The summed E-state index contributed by atoms with van der Waals surface area (Å²) in [5.41, 5.74) is 10.6. The number of aromatic nitrogens is 1. The number of pyridine rings is 1. The maximum absolute atomic E-state index is 5.83. The van der Waals surface area contributed by atoms with E-state index in [1.54, 1.807) is 6.20 Å². The highest BCUT2D eigenvalue weighted by molar-refractivity contribution is 7.80. The first-order valence-corrected chi connectivity index (χ1v) is 7.08. The van der Waals surface area contributed by atoms with Gasteiger partial charge < -0.3 is 11.1 Å². The second kappa shape index (κ2) is 5.50. The van der Waals surface area contributed by atoms with Gasteiger partial charge in [0.05, 0.1) is 16.9 Å². The number of benzene rings is 2. The minimum atomic E-state index is 0.384. The molecular weight excluding hydrogens is 278 g/mol. The van der Waals surface area contributed by atoms with Crippen molar-refractivity contribution < 1.29 is 0 Å². The maximum atomic E-state index is 5.83.